The molecule has 0 bridgehead atoms. The van der Waals surface area contributed by atoms with Crippen LogP contribution in [0.1, 0.15) is 5.56 Å². The minimum absolute atomic E-state index is 1.02. The lowest BCUT2D eigenvalue weighted by Gasteiger charge is -2.29. The summed E-state index contributed by atoms with van der Waals surface area (Å²) in [4.78, 5) is 7.05. The average molecular weight is 256 g/mol. The molecule has 1 aromatic heterocycles. The van der Waals surface area contributed by atoms with E-state index in [1.54, 1.807) is 0 Å². The van der Waals surface area contributed by atoms with Gasteiger partial charge in [0.25, 0.3) is 0 Å². The van der Waals surface area contributed by atoms with Gasteiger partial charge in [-0.05, 0) is 18.6 Å². The number of nitrogens with one attached hydrogen (secondary N) is 2. The number of rotatable bonds is 2. The standard InChI is InChI=1S/C15H20N4/c1-11-10-18-15(19-8-6-17-7-9-19)12-4-3-5-13(16-2)14(11)12/h3-5,10,16-17H,6-9H2,1-2H3. The molecule has 0 unspecified atom stereocenters. The Labute approximate surface area is 113 Å². The van der Waals surface area contributed by atoms with Gasteiger partial charge in [0.2, 0.25) is 0 Å². The lowest BCUT2D eigenvalue weighted by molar-refractivity contribution is 0.586. The molecule has 19 heavy (non-hydrogen) atoms. The van der Waals surface area contributed by atoms with Gasteiger partial charge in [-0.25, -0.2) is 4.98 Å². The molecule has 0 amide bonds. The molecule has 0 atom stereocenters. The molecule has 4 heteroatoms. The molecule has 1 aliphatic heterocycles. The number of pyridine rings is 1. The Kier molecular flexibility index (Phi) is 3.25. The largest absolute Gasteiger partial charge is 0.388 e. The number of hydrogen-bond donors (Lipinski definition) is 2. The maximum absolute atomic E-state index is 4.68. The van der Waals surface area contributed by atoms with E-state index in [-0.39, 0.29) is 0 Å². The fourth-order valence-electron chi connectivity index (χ4n) is 2.79. The minimum atomic E-state index is 1.02. The molecule has 1 aromatic carbocycles. The van der Waals surface area contributed by atoms with Crippen LogP contribution in [0.2, 0.25) is 0 Å². The van der Waals surface area contributed by atoms with Gasteiger partial charge in [-0.15, -0.1) is 0 Å². The molecule has 0 radical (unpaired) electrons. The van der Waals surface area contributed by atoms with Crippen molar-refractivity contribution in [1.29, 1.82) is 0 Å². The van der Waals surface area contributed by atoms with E-state index in [4.69, 9.17) is 0 Å². The van der Waals surface area contributed by atoms with Crippen LogP contribution >= 0.6 is 0 Å². The molecule has 0 aliphatic carbocycles. The SMILES string of the molecule is CNc1cccc2c(N3CCNCC3)ncc(C)c12. The molecule has 4 nitrogen and oxygen atoms in total. The molecule has 3 rings (SSSR count). The summed E-state index contributed by atoms with van der Waals surface area (Å²) in [6.45, 7) is 6.23. The van der Waals surface area contributed by atoms with Crippen molar-refractivity contribution >= 4 is 22.3 Å². The normalized spacial score (nSPS) is 15.8. The number of hydrogen-bond acceptors (Lipinski definition) is 4. The van der Waals surface area contributed by atoms with Crippen LogP contribution in [-0.2, 0) is 0 Å². The number of benzene rings is 1. The predicted octanol–water partition coefficient (Wildman–Crippen LogP) is 1.99. The van der Waals surface area contributed by atoms with Gasteiger partial charge in [0.05, 0.1) is 0 Å². The van der Waals surface area contributed by atoms with Crippen molar-refractivity contribution in [1.82, 2.24) is 10.3 Å². The molecule has 0 spiro atoms. The summed E-state index contributed by atoms with van der Waals surface area (Å²) in [5.41, 5.74) is 2.40. The Morgan fingerprint density at radius 2 is 2.05 bits per heavy atom. The zero-order valence-electron chi connectivity index (χ0n) is 11.5. The van der Waals surface area contributed by atoms with E-state index < -0.39 is 0 Å². The van der Waals surface area contributed by atoms with Crippen molar-refractivity contribution in [2.24, 2.45) is 0 Å². The highest BCUT2D eigenvalue weighted by Gasteiger charge is 2.16. The predicted molar refractivity (Wildman–Crippen MR) is 81.1 cm³/mol. The number of fused-ring (bicyclic) bond motifs is 1. The van der Waals surface area contributed by atoms with Crippen LogP contribution in [0.5, 0.6) is 0 Å². The lowest BCUT2D eigenvalue weighted by Crippen LogP contribution is -2.44. The Bertz CT molecular complexity index is 588. The molecule has 2 aromatic rings. The first-order chi connectivity index (χ1) is 9.31. The average Bonchev–Trinajstić information content (AvgIpc) is 2.48. The second-order valence-electron chi connectivity index (χ2n) is 4.98. The topological polar surface area (TPSA) is 40.2 Å². The number of aromatic nitrogens is 1. The highest BCUT2D eigenvalue weighted by Crippen LogP contribution is 2.32. The summed E-state index contributed by atoms with van der Waals surface area (Å²) in [7, 11) is 1.97. The number of aryl methyl sites for hydroxylation is 1. The summed E-state index contributed by atoms with van der Waals surface area (Å²) in [5, 5.41) is 9.20. The molecule has 0 saturated carbocycles. The molecular weight excluding hydrogens is 236 g/mol. The van der Waals surface area contributed by atoms with Crippen LogP contribution < -0.4 is 15.5 Å². The number of anilines is 2. The summed E-state index contributed by atoms with van der Waals surface area (Å²) >= 11 is 0. The number of piperazine rings is 1. The van der Waals surface area contributed by atoms with Crippen molar-refractivity contribution in [3.63, 3.8) is 0 Å². The van der Waals surface area contributed by atoms with Crippen LogP contribution in [0.4, 0.5) is 11.5 Å². The molecule has 2 N–H and O–H groups in total. The first-order valence-corrected chi connectivity index (χ1v) is 6.83. The van der Waals surface area contributed by atoms with Gasteiger partial charge in [0, 0.05) is 55.9 Å². The molecule has 1 fully saturated rings. The van der Waals surface area contributed by atoms with Gasteiger partial charge in [0.15, 0.2) is 0 Å². The van der Waals surface area contributed by atoms with Crippen LogP contribution in [0.15, 0.2) is 24.4 Å². The molecule has 100 valence electrons. The lowest BCUT2D eigenvalue weighted by atomic mass is 10.1. The van der Waals surface area contributed by atoms with Crippen molar-refractivity contribution in [3.8, 4) is 0 Å². The first kappa shape index (κ1) is 12.2. The molecule has 2 heterocycles. The van der Waals surface area contributed by atoms with Crippen LogP contribution in [0.25, 0.3) is 10.8 Å². The summed E-state index contributed by atoms with van der Waals surface area (Å²) < 4.78 is 0. The Morgan fingerprint density at radius 1 is 1.26 bits per heavy atom. The van der Waals surface area contributed by atoms with Gasteiger partial charge in [-0.2, -0.15) is 0 Å². The second-order valence-corrected chi connectivity index (χ2v) is 4.98. The van der Waals surface area contributed by atoms with Crippen molar-refractivity contribution in [2.75, 3.05) is 43.4 Å². The highest BCUT2D eigenvalue weighted by molar-refractivity contribution is 6.02. The third kappa shape index (κ3) is 2.12. The maximum atomic E-state index is 4.68. The van der Waals surface area contributed by atoms with Gasteiger partial charge in [-0.3, -0.25) is 0 Å². The summed E-state index contributed by atoms with van der Waals surface area (Å²) in [6.07, 6.45) is 1.99. The third-order valence-electron chi connectivity index (χ3n) is 3.77. The highest BCUT2D eigenvalue weighted by atomic mass is 15.2. The van der Waals surface area contributed by atoms with E-state index in [2.05, 4.69) is 45.6 Å². The van der Waals surface area contributed by atoms with Crippen LogP contribution in [-0.4, -0.2) is 38.2 Å². The Hall–Kier alpha value is -1.81. The van der Waals surface area contributed by atoms with E-state index in [0.29, 0.717) is 0 Å². The first-order valence-electron chi connectivity index (χ1n) is 6.83. The monoisotopic (exact) mass is 256 g/mol. The summed E-state index contributed by atoms with van der Waals surface area (Å²) in [5.74, 6) is 1.11. The van der Waals surface area contributed by atoms with Gasteiger partial charge in [-0.1, -0.05) is 12.1 Å². The van der Waals surface area contributed by atoms with E-state index >= 15 is 0 Å². The van der Waals surface area contributed by atoms with E-state index in [1.807, 2.05) is 13.2 Å². The van der Waals surface area contributed by atoms with Crippen molar-refractivity contribution < 1.29 is 0 Å². The van der Waals surface area contributed by atoms with Gasteiger partial charge in [0.1, 0.15) is 5.82 Å². The van der Waals surface area contributed by atoms with Crippen molar-refractivity contribution in [2.45, 2.75) is 6.92 Å². The van der Waals surface area contributed by atoms with E-state index in [9.17, 15) is 0 Å². The quantitative estimate of drug-likeness (QED) is 0.862. The second kappa shape index (κ2) is 5.05. The Morgan fingerprint density at radius 3 is 2.79 bits per heavy atom. The molecule has 1 saturated heterocycles. The van der Waals surface area contributed by atoms with Crippen molar-refractivity contribution in [3.05, 3.63) is 30.0 Å². The fourth-order valence-corrected chi connectivity index (χ4v) is 2.79. The van der Waals surface area contributed by atoms with Crippen LogP contribution in [0, 0.1) is 6.92 Å². The minimum Gasteiger partial charge on any atom is -0.388 e. The van der Waals surface area contributed by atoms with E-state index in [0.717, 1.165) is 32.0 Å². The smallest absolute Gasteiger partial charge is 0.136 e. The zero-order chi connectivity index (χ0) is 13.2. The van der Waals surface area contributed by atoms with Crippen LogP contribution in [0.3, 0.4) is 0 Å². The number of nitrogens with zero attached hydrogens (tertiary/aromatic N) is 2. The fraction of sp³-hybridized carbons (Fsp3) is 0.400. The maximum Gasteiger partial charge on any atom is 0.136 e. The van der Waals surface area contributed by atoms with Gasteiger partial charge >= 0.3 is 0 Å². The third-order valence-corrected chi connectivity index (χ3v) is 3.77. The Balaban J connectivity index is 2.17. The molecule has 1 aliphatic rings. The molecular formula is C15H20N4. The van der Waals surface area contributed by atoms with E-state index in [1.165, 1.54) is 22.0 Å². The van der Waals surface area contributed by atoms with Gasteiger partial charge < -0.3 is 15.5 Å². The summed E-state index contributed by atoms with van der Waals surface area (Å²) in [6, 6.07) is 6.39. The zero-order valence-corrected chi connectivity index (χ0v) is 11.5.